The highest BCUT2D eigenvalue weighted by atomic mass is 35.5. The van der Waals surface area contributed by atoms with Crippen molar-refractivity contribution in [1.29, 1.82) is 0 Å². The molecule has 0 aliphatic rings. The van der Waals surface area contributed by atoms with Crippen LogP contribution in [0.2, 0.25) is 10.0 Å². The number of halogens is 2. The minimum Gasteiger partial charge on any atom is -0.493 e. The molecule has 1 N–H and O–H groups in total. The maximum Gasteiger partial charge on any atom is 0.122 e. The molecule has 2 aromatic carbocycles. The summed E-state index contributed by atoms with van der Waals surface area (Å²) in [5, 5.41) is 4.73. The van der Waals surface area contributed by atoms with E-state index in [1.165, 1.54) is 11.1 Å². The van der Waals surface area contributed by atoms with Crippen molar-refractivity contribution in [3.05, 3.63) is 57.6 Å². The standard InChI is InChI=1S/C21H27Cl2NO/c1-15-6-7-16(2)20(12-15)25-11-5-10-21(3,4)14-24-19-9-8-17(22)13-18(19)23/h6-9,12-13,24H,5,10-11,14H2,1-4H3. The van der Waals surface area contributed by atoms with Crippen LogP contribution in [-0.2, 0) is 0 Å². The number of rotatable bonds is 8. The van der Waals surface area contributed by atoms with Gasteiger partial charge in [0.2, 0.25) is 0 Å². The van der Waals surface area contributed by atoms with Crippen LogP contribution in [0.25, 0.3) is 0 Å². The maximum atomic E-state index is 6.21. The summed E-state index contributed by atoms with van der Waals surface area (Å²) in [6.07, 6.45) is 2.08. The van der Waals surface area contributed by atoms with E-state index < -0.39 is 0 Å². The summed E-state index contributed by atoms with van der Waals surface area (Å²) < 4.78 is 5.95. The predicted octanol–water partition coefficient (Wildman–Crippen LogP) is 6.91. The Morgan fingerprint density at radius 3 is 2.52 bits per heavy atom. The lowest BCUT2D eigenvalue weighted by atomic mass is 9.88. The zero-order valence-corrected chi connectivity index (χ0v) is 17.0. The molecule has 0 atom stereocenters. The monoisotopic (exact) mass is 379 g/mol. The smallest absolute Gasteiger partial charge is 0.122 e. The molecule has 2 rings (SSSR count). The molecule has 0 aliphatic carbocycles. The molecule has 136 valence electrons. The molecule has 0 saturated carbocycles. The summed E-state index contributed by atoms with van der Waals surface area (Å²) in [5.74, 6) is 0.990. The van der Waals surface area contributed by atoms with Crippen LogP contribution < -0.4 is 10.1 Å². The van der Waals surface area contributed by atoms with Crippen molar-refractivity contribution in [3.8, 4) is 5.75 Å². The second-order valence-electron chi connectivity index (χ2n) is 7.36. The first-order chi connectivity index (χ1) is 11.8. The highest BCUT2D eigenvalue weighted by Gasteiger charge is 2.18. The third kappa shape index (κ3) is 6.45. The third-order valence-corrected chi connectivity index (χ3v) is 4.84. The van der Waals surface area contributed by atoms with E-state index in [4.69, 9.17) is 27.9 Å². The SMILES string of the molecule is Cc1ccc(C)c(OCCCC(C)(C)CNc2ccc(Cl)cc2Cl)c1. The van der Waals surface area contributed by atoms with Crippen LogP contribution in [0.3, 0.4) is 0 Å². The first kappa shape index (κ1) is 19.9. The summed E-state index contributed by atoms with van der Waals surface area (Å²) in [6.45, 7) is 10.2. The van der Waals surface area contributed by atoms with E-state index in [-0.39, 0.29) is 5.41 Å². The van der Waals surface area contributed by atoms with Crippen molar-refractivity contribution >= 4 is 28.9 Å². The number of hydrogen-bond donors (Lipinski definition) is 1. The van der Waals surface area contributed by atoms with Gasteiger partial charge in [-0.1, -0.05) is 49.2 Å². The molecule has 0 amide bonds. The summed E-state index contributed by atoms with van der Waals surface area (Å²) in [4.78, 5) is 0. The van der Waals surface area contributed by atoms with Crippen LogP contribution in [0.4, 0.5) is 5.69 Å². The molecule has 0 radical (unpaired) electrons. The zero-order chi connectivity index (χ0) is 18.4. The first-order valence-electron chi connectivity index (χ1n) is 8.66. The van der Waals surface area contributed by atoms with Gasteiger partial charge in [0, 0.05) is 11.6 Å². The maximum absolute atomic E-state index is 6.21. The fraction of sp³-hybridized carbons (Fsp3) is 0.429. The number of anilines is 1. The summed E-state index contributed by atoms with van der Waals surface area (Å²) in [6, 6.07) is 11.8. The van der Waals surface area contributed by atoms with Gasteiger partial charge < -0.3 is 10.1 Å². The van der Waals surface area contributed by atoms with Crippen molar-refractivity contribution in [2.45, 2.75) is 40.5 Å². The van der Waals surface area contributed by atoms with Crippen LogP contribution in [-0.4, -0.2) is 13.2 Å². The van der Waals surface area contributed by atoms with E-state index in [2.05, 4.69) is 51.2 Å². The molecule has 0 bridgehead atoms. The second-order valence-corrected chi connectivity index (χ2v) is 8.21. The fourth-order valence-corrected chi connectivity index (χ4v) is 3.13. The van der Waals surface area contributed by atoms with Gasteiger partial charge in [-0.2, -0.15) is 0 Å². The Bertz CT molecular complexity index is 713. The lowest BCUT2D eigenvalue weighted by Crippen LogP contribution is -2.24. The molecular formula is C21H27Cl2NO. The summed E-state index contributed by atoms with van der Waals surface area (Å²) in [7, 11) is 0. The molecule has 0 heterocycles. The van der Waals surface area contributed by atoms with Crippen molar-refractivity contribution in [1.82, 2.24) is 0 Å². The first-order valence-corrected chi connectivity index (χ1v) is 9.41. The van der Waals surface area contributed by atoms with Gasteiger partial charge in [0.05, 0.1) is 17.3 Å². The van der Waals surface area contributed by atoms with Crippen LogP contribution >= 0.6 is 23.2 Å². The van der Waals surface area contributed by atoms with Crippen LogP contribution in [0, 0.1) is 19.3 Å². The van der Waals surface area contributed by atoms with E-state index >= 15 is 0 Å². The lowest BCUT2D eigenvalue weighted by Gasteiger charge is -2.26. The Kier molecular flexibility index (Phi) is 7.04. The number of ether oxygens (including phenoxy) is 1. The predicted molar refractivity (Wildman–Crippen MR) is 109 cm³/mol. The Morgan fingerprint density at radius 1 is 1.04 bits per heavy atom. The van der Waals surface area contributed by atoms with E-state index in [0.717, 1.165) is 37.4 Å². The number of hydrogen-bond acceptors (Lipinski definition) is 2. The van der Waals surface area contributed by atoms with Crippen LogP contribution in [0.5, 0.6) is 5.75 Å². The minimum absolute atomic E-state index is 0.147. The van der Waals surface area contributed by atoms with Gasteiger partial charge in [0.25, 0.3) is 0 Å². The summed E-state index contributed by atoms with van der Waals surface area (Å²) in [5.41, 5.74) is 3.48. The largest absolute Gasteiger partial charge is 0.493 e. The van der Waals surface area contributed by atoms with Gasteiger partial charge in [0.1, 0.15) is 5.75 Å². The molecule has 2 aromatic rings. The minimum atomic E-state index is 0.147. The average Bonchev–Trinajstić information content (AvgIpc) is 2.54. The third-order valence-electron chi connectivity index (χ3n) is 4.29. The normalized spacial score (nSPS) is 11.4. The molecule has 4 heteroatoms. The molecule has 0 unspecified atom stereocenters. The van der Waals surface area contributed by atoms with Crippen molar-refractivity contribution in [2.75, 3.05) is 18.5 Å². The second kappa shape index (κ2) is 8.82. The number of benzene rings is 2. The van der Waals surface area contributed by atoms with Gasteiger partial charge in [-0.3, -0.25) is 0 Å². The zero-order valence-electron chi connectivity index (χ0n) is 15.5. The van der Waals surface area contributed by atoms with Crippen molar-refractivity contribution < 1.29 is 4.74 Å². The highest BCUT2D eigenvalue weighted by molar-refractivity contribution is 6.36. The van der Waals surface area contributed by atoms with Crippen molar-refractivity contribution in [3.63, 3.8) is 0 Å². The van der Waals surface area contributed by atoms with Gasteiger partial charge in [0.15, 0.2) is 0 Å². The topological polar surface area (TPSA) is 21.3 Å². The quantitative estimate of drug-likeness (QED) is 0.503. The Balaban J connectivity index is 1.78. The number of aryl methyl sites for hydroxylation is 2. The Morgan fingerprint density at radius 2 is 1.80 bits per heavy atom. The Hall–Kier alpha value is -1.38. The number of nitrogens with one attached hydrogen (secondary N) is 1. The van der Waals surface area contributed by atoms with E-state index in [9.17, 15) is 0 Å². The molecule has 0 aromatic heterocycles. The molecule has 25 heavy (non-hydrogen) atoms. The van der Waals surface area contributed by atoms with Crippen LogP contribution in [0.1, 0.15) is 37.8 Å². The van der Waals surface area contributed by atoms with Gasteiger partial charge in [-0.25, -0.2) is 0 Å². The molecule has 0 fully saturated rings. The van der Waals surface area contributed by atoms with Gasteiger partial charge >= 0.3 is 0 Å². The lowest BCUT2D eigenvalue weighted by molar-refractivity contribution is 0.263. The van der Waals surface area contributed by atoms with Crippen molar-refractivity contribution in [2.24, 2.45) is 5.41 Å². The molecule has 0 aliphatic heterocycles. The van der Waals surface area contributed by atoms with E-state index in [1.807, 2.05) is 12.1 Å². The average molecular weight is 380 g/mol. The molecule has 0 spiro atoms. The Labute approximate surface area is 161 Å². The van der Waals surface area contributed by atoms with E-state index in [1.54, 1.807) is 6.07 Å². The fourth-order valence-electron chi connectivity index (χ4n) is 2.65. The van der Waals surface area contributed by atoms with E-state index in [0.29, 0.717) is 10.0 Å². The van der Waals surface area contributed by atoms with Crippen LogP contribution in [0.15, 0.2) is 36.4 Å². The summed E-state index contributed by atoms with van der Waals surface area (Å²) >= 11 is 12.2. The highest BCUT2D eigenvalue weighted by Crippen LogP contribution is 2.29. The molecule has 2 nitrogen and oxygen atoms in total. The van der Waals surface area contributed by atoms with Gasteiger partial charge in [-0.15, -0.1) is 0 Å². The molecule has 0 saturated heterocycles. The molecular weight excluding hydrogens is 353 g/mol. The van der Waals surface area contributed by atoms with Gasteiger partial charge in [-0.05, 0) is 67.5 Å².